The van der Waals surface area contributed by atoms with Gasteiger partial charge in [-0.15, -0.1) is 0 Å². The summed E-state index contributed by atoms with van der Waals surface area (Å²) >= 11 is 0. The Morgan fingerprint density at radius 1 is 1.13 bits per heavy atom. The van der Waals surface area contributed by atoms with Gasteiger partial charge in [0.2, 0.25) is 0 Å². The lowest BCUT2D eigenvalue weighted by atomic mass is 9.86. The lowest BCUT2D eigenvalue weighted by molar-refractivity contribution is 0.0946. The second-order valence-electron chi connectivity index (χ2n) is 8.21. The van der Waals surface area contributed by atoms with Crippen molar-refractivity contribution in [1.82, 2.24) is 16.0 Å². The van der Waals surface area contributed by atoms with E-state index in [1.54, 1.807) is 12.1 Å². The highest BCUT2D eigenvalue weighted by molar-refractivity contribution is 6.02. The fourth-order valence-electron chi connectivity index (χ4n) is 4.91. The summed E-state index contributed by atoms with van der Waals surface area (Å²) in [7, 11) is 1.52. The van der Waals surface area contributed by atoms with E-state index < -0.39 is 12.8 Å². The van der Waals surface area contributed by atoms with Crippen LogP contribution < -0.4 is 20.7 Å². The summed E-state index contributed by atoms with van der Waals surface area (Å²) in [6.07, 6.45) is -0.738. The predicted octanol–water partition coefficient (Wildman–Crippen LogP) is 1.86. The van der Waals surface area contributed by atoms with Crippen LogP contribution in [0.15, 0.2) is 42.5 Å². The van der Waals surface area contributed by atoms with Crippen molar-refractivity contribution in [2.45, 2.75) is 18.1 Å². The number of carbonyl (C=O) groups is 2. The largest absolute Gasteiger partial charge is 0.486 e. The molecule has 5 atom stereocenters. The molecule has 0 spiro atoms. The monoisotopic (exact) mass is 409 g/mol. The van der Waals surface area contributed by atoms with Gasteiger partial charge in [-0.05, 0) is 29.5 Å². The van der Waals surface area contributed by atoms with Crippen molar-refractivity contribution in [2.75, 3.05) is 26.8 Å². The molecule has 1 saturated heterocycles. The number of halogens is 1. The van der Waals surface area contributed by atoms with Gasteiger partial charge in [0.1, 0.15) is 18.5 Å². The van der Waals surface area contributed by atoms with E-state index in [1.807, 2.05) is 30.3 Å². The lowest BCUT2D eigenvalue weighted by Crippen LogP contribution is -2.32. The molecular formula is C23H24FN3O3. The Hall–Kier alpha value is -2.93. The maximum atomic E-state index is 13.9. The van der Waals surface area contributed by atoms with E-state index in [1.165, 1.54) is 7.05 Å². The zero-order valence-electron chi connectivity index (χ0n) is 16.7. The number of fused-ring (bicyclic) bond motifs is 2. The SMILES string of the molecule is CNC(=O)c1cc(C(=O)NC2[C@H]3CNC[C@@H]23)cc2c1O[C@@H](CF)[C@@H]2c1ccccc1. The Labute approximate surface area is 174 Å². The lowest BCUT2D eigenvalue weighted by Gasteiger charge is -2.16. The molecule has 6 nitrogen and oxygen atoms in total. The van der Waals surface area contributed by atoms with Crippen molar-refractivity contribution in [3.8, 4) is 5.75 Å². The molecule has 2 aromatic rings. The molecule has 3 aliphatic rings. The molecule has 5 rings (SSSR count). The summed E-state index contributed by atoms with van der Waals surface area (Å²) in [5, 5.41) is 9.01. The Bertz CT molecular complexity index is 987. The molecule has 0 aromatic heterocycles. The van der Waals surface area contributed by atoms with E-state index in [9.17, 15) is 14.0 Å². The third-order valence-corrected chi connectivity index (χ3v) is 6.53. The van der Waals surface area contributed by atoms with Gasteiger partial charge in [-0.2, -0.15) is 0 Å². The first-order valence-corrected chi connectivity index (χ1v) is 10.3. The summed E-state index contributed by atoms with van der Waals surface area (Å²) in [6.45, 7) is 1.15. The predicted molar refractivity (Wildman–Crippen MR) is 110 cm³/mol. The quantitative estimate of drug-likeness (QED) is 0.704. The van der Waals surface area contributed by atoms with E-state index in [0.717, 1.165) is 18.7 Å². The van der Waals surface area contributed by atoms with Crippen LogP contribution in [0.25, 0.3) is 0 Å². The van der Waals surface area contributed by atoms with Crippen LogP contribution in [0.5, 0.6) is 5.75 Å². The molecular weight excluding hydrogens is 385 g/mol. The molecule has 156 valence electrons. The molecule has 1 saturated carbocycles. The smallest absolute Gasteiger partial charge is 0.254 e. The normalized spacial score (nSPS) is 28.3. The number of ether oxygens (including phenoxy) is 1. The third kappa shape index (κ3) is 3.04. The molecule has 2 amide bonds. The topological polar surface area (TPSA) is 79.5 Å². The third-order valence-electron chi connectivity index (χ3n) is 6.53. The van der Waals surface area contributed by atoms with Crippen molar-refractivity contribution in [1.29, 1.82) is 0 Å². The van der Waals surface area contributed by atoms with Gasteiger partial charge in [0, 0.05) is 37.3 Å². The highest BCUT2D eigenvalue weighted by Gasteiger charge is 2.53. The summed E-state index contributed by atoms with van der Waals surface area (Å²) < 4.78 is 19.8. The molecule has 1 aliphatic carbocycles. The molecule has 30 heavy (non-hydrogen) atoms. The molecule has 0 bridgehead atoms. The van der Waals surface area contributed by atoms with Crippen LogP contribution in [0.4, 0.5) is 4.39 Å². The minimum absolute atomic E-state index is 0.176. The molecule has 2 aromatic carbocycles. The average molecular weight is 409 g/mol. The maximum Gasteiger partial charge on any atom is 0.254 e. The first-order chi connectivity index (χ1) is 14.6. The van der Waals surface area contributed by atoms with E-state index in [2.05, 4.69) is 16.0 Å². The molecule has 2 heterocycles. The summed E-state index contributed by atoms with van der Waals surface area (Å²) in [6, 6.07) is 13.0. The highest BCUT2D eigenvalue weighted by atomic mass is 19.1. The minimum atomic E-state index is -0.738. The van der Waals surface area contributed by atoms with Crippen molar-refractivity contribution in [3.05, 3.63) is 64.7 Å². The first-order valence-electron chi connectivity index (χ1n) is 10.3. The number of amides is 2. The van der Waals surface area contributed by atoms with Crippen LogP contribution in [0, 0.1) is 11.8 Å². The van der Waals surface area contributed by atoms with Crippen LogP contribution >= 0.6 is 0 Å². The van der Waals surface area contributed by atoms with Gasteiger partial charge in [-0.25, -0.2) is 4.39 Å². The van der Waals surface area contributed by atoms with E-state index in [4.69, 9.17) is 4.74 Å². The molecule has 2 aliphatic heterocycles. The Kier molecular flexibility index (Phi) is 4.70. The Morgan fingerprint density at radius 2 is 1.87 bits per heavy atom. The summed E-state index contributed by atoms with van der Waals surface area (Å²) in [4.78, 5) is 25.6. The molecule has 2 fully saturated rings. The number of piperidine rings is 1. The molecule has 0 radical (unpaired) electrons. The van der Waals surface area contributed by atoms with Crippen molar-refractivity contribution < 1.29 is 18.7 Å². The fraction of sp³-hybridized carbons (Fsp3) is 0.391. The van der Waals surface area contributed by atoms with Gasteiger partial charge in [-0.1, -0.05) is 30.3 Å². The number of hydrogen-bond acceptors (Lipinski definition) is 4. The van der Waals surface area contributed by atoms with Gasteiger partial charge in [0.25, 0.3) is 11.8 Å². The van der Waals surface area contributed by atoms with Gasteiger partial charge in [-0.3, -0.25) is 9.59 Å². The van der Waals surface area contributed by atoms with Crippen LogP contribution in [-0.2, 0) is 0 Å². The van der Waals surface area contributed by atoms with E-state index in [0.29, 0.717) is 28.7 Å². The van der Waals surface area contributed by atoms with Crippen LogP contribution in [0.2, 0.25) is 0 Å². The molecule has 7 heteroatoms. The Balaban J connectivity index is 1.54. The zero-order chi connectivity index (χ0) is 20.8. The minimum Gasteiger partial charge on any atom is -0.486 e. The van der Waals surface area contributed by atoms with Crippen molar-refractivity contribution in [3.63, 3.8) is 0 Å². The average Bonchev–Trinajstić information content (AvgIpc) is 3.14. The maximum absolute atomic E-state index is 13.9. The number of alkyl halides is 1. The number of benzene rings is 2. The van der Waals surface area contributed by atoms with Gasteiger partial charge >= 0.3 is 0 Å². The molecule has 3 N–H and O–H groups in total. The second kappa shape index (κ2) is 7.40. The summed E-state index contributed by atoms with van der Waals surface area (Å²) in [5.74, 6) is 0.371. The standard InChI is InChI=1S/C23H24FN3O3/c1-25-23(29)15-8-13(22(28)27-20-16-10-26-11-17(16)20)7-14-19(12-5-3-2-4-6-12)18(9-24)30-21(14)15/h2-8,16-20,26H,9-11H2,1H3,(H,25,29)(H,27,28)/t16-,17+,18-,19+,20?/m0/s1. The summed E-state index contributed by atoms with van der Waals surface area (Å²) in [5.41, 5.74) is 2.22. The van der Waals surface area contributed by atoms with E-state index in [-0.39, 0.29) is 29.3 Å². The highest BCUT2D eigenvalue weighted by Crippen LogP contribution is 2.46. The first kappa shape index (κ1) is 19.1. The van der Waals surface area contributed by atoms with Crippen molar-refractivity contribution >= 4 is 11.8 Å². The zero-order valence-corrected chi connectivity index (χ0v) is 16.7. The van der Waals surface area contributed by atoms with Gasteiger partial charge < -0.3 is 20.7 Å². The van der Waals surface area contributed by atoms with Gasteiger partial charge in [0.05, 0.1) is 11.5 Å². The second-order valence-corrected chi connectivity index (χ2v) is 8.21. The van der Waals surface area contributed by atoms with E-state index >= 15 is 0 Å². The van der Waals surface area contributed by atoms with Crippen molar-refractivity contribution in [2.24, 2.45) is 11.8 Å². The Morgan fingerprint density at radius 3 is 2.53 bits per heavy atom. The number of nitrogens with one attached hydrogen (secondary N) is 3. The van der Waals surface area contributed by atoms with Crippen LogP contribution in [0.1, 0.15) is 37.8 Å². The fourth-order valence-corrected chi connectivity index (χ4v) is 4.91. The number of hydrogen-bond donors (Lipinski definition) is 3. The number of carbonyl (C=O) groups excluding carboxylic acids is 2. The van der Waals surface area contributed by atoms with Crippen LogP contribution in [0.3, 0.4) is 0 Å². The number of rotatable bonds is 5. The van der Waals surface area contributed by atoms with Crippen LogP contribution in [-0.4, -0.2) is 50.8 Å². The van der Waals surface area contributed by atoms with Gasteiger partial charge in [0.15, 0.2) is 0 Å². The molecule has 1 unspecified atom stereocenters.